The van der Waals surface area contributed by atoms with Crippen LogP contribution in [-0.4, -0.2) is 55.6 Å². The van der Waals surface area contributed by atoms with Gasteiger partial charge in [-0.3, -0.25) is 4.99 Å². The lowest BCUT2D eigenvalue weighted by Gasteiger charge is -2.37. The van der Waals surface area contributed by atoms with Crippen molar-refractivity contribution >= 4 is 47.0 Å². The molecule has 10 heteroatoms. The molecule has 0 radical (unpaired) electrons. The van der Waals surface area contributed by atoms with Gasteiger partial charge in [0.05, 0.1) is 10.6 Å². The van der Waals surface area contributed by atoms with Gasteiger partial charge >= 0.3 is 6.18 Å². The van der Waals surface area contributed by atoms with Gasteiger partial charge in [0.15, 0.2) is 5.96 Å². The molecule has 1 aliphatic heterocycles. The van der Waals surface area contributed by atoms with Gasteiger partial charge in [-0.1, -0.05) is 6.07 Å². The second-order valence-corrected chi connectivity index (χ2v) is 7.93. The molecular formula is C19H25F3IN5S. The third-order valence-electron chi connectivity index (χ3n) is 4.62. The molecule has 1 saturated heterocycles. The Morgan fingerprint density at radius 1 is 1.24 bits per heavy atom. The van der Waals surface area contributed by atoms with Crippen LogP contribution >= 0.6 is 35.3 Å². The number of anilines is 1. The number of aryl methyl sites for hydroxylation is 1. The molecule has 0 bridgehead atoms. The molecule has 1 fully saturated rings. The minimum Gasteiger partial charge on any atom is -0.368 e. The summed E-state index contributed by atoms with van der Waals surface area (Å²) in [5.41, 5.74) is -0.00103. The number of hydrogen-bond acceptors (Lipinski definition) is 4. The van der Waals surface area contributed by atoms with Gasteiger partial charge in [0, 0.05) is 63.0 Å². The highest BCUT2D eigenvalue weighted by molar-refractivity contribution is 14.0. The third kappa shape index (κ3) is 6.46. The lowest BCUT2D eigenvalue weighted by atomic mass is 10.1. The van der Waals surface area contributed by atoms with Crippen molar-refractivity contribution in [3.8, 4) is 0 Å². The SMILES string of the molecule is CN=C(NCCc1ncc(C)s1)N1CCN(c2cccc(C(F)(F)F)c2)CC1.I. The maximum atomic E-state index is 12.9. The van der Waals surface area contributed by atoms with Crippen LogP contribution in [0.4, 0.5) is 18.9 Å². The maximum Gasteiger partial charge on any atom is 0.416 e. The van der Waals surface area contributed by atoms with Crippen LogP contribution in [0.1, 0.15) is 15.4 Å². The molecule has 0 aliphatic carbocycles. The minimum atomic E-state index is -4.32. The molecule has 1 aliphatic rings. The highest BCUT2D eigenvalue weighted by Crippen LogP contribution is 2.31. The zero-order valence-electron chi connectivity index (χ0n) is 16.4. The van der Waals surface area contributed by atoms with E-state index in [1.807, 2.05) is 18.0 Å². The zero-order chi connectivity index (χ0) is 20.1. The number of halogens is 4. The molecule has 29 heavy (non-hydrogen) atoms. The summed E-state index contributed by atoms with van der Waals surface area (Å²) >= 11 is 1.69. The Balaban J connectivity index is 0.00000300. The van der Waals surface area contributed by atoms with E-state index in [4.69, 9.17) is 0 Å². The van der Waals surface area contributed by atoms with Gasteiger partial charge in [-0.15, -0.1) is 35.3 Å². The number of alkyl halides is 3. The van der Waals surface area contributed by atoms with E-state index in [0.717, 1.165) is 30.0 Å². The molecule has 0 saturated carbocycles. The second-order valence-electron chi connectivity index (χ2n) is 6.61. The van der Waals surface area contributed by atoms with Crippen molar-refractivity contribution in [1.29, 1.82) is 0 Å². The smallest absolute Gasteiger partial charge is 0.368 e. The summed E-state index contributed by atoms with van der Waals surface area (Å²) in [5, 5.41) is 4.45. The number of aliphatic imine (C=N–C) groups is 1. The minimum absolute atomic E-state index is 0. The van der Waals surface area contributed by atoms with E-state index >= 15 is 0 Å². The van der Waals surface area contributed by atoms with E-state index in [1.54, 1.807) is 24.5 Å². The largest absolute Gasteiger partial charge is 0.416 e. The predicted octanol–water partition coefficient (Wildman–Crippen LogP) is 4.03. The molecule has 1 aromatic heterocycles. The van der Waals surface area contributed by atoms with Gasteiger partial charge in [-0.05, 0) is 25.1 Å². The highest BCUT2D eigenvalue weighted by atomic mass is 127. The van der Waals surface area contributed by atoms with Gasteiger partial charge in [0.1, 0.15) is 0 Å². The fourth-order valence-corrected chi connectivity index (χ4v) is 3.97. The summed E-state index contributed by atoms with van der Waals surface area (Å²) in [6.45, 7) is 5.48. The van der Waals surface area contributed by atoms with Crippen LogP contribution in [0, 0.1) is 6.92 Å². The predicted molar refractivity (Wildman–Crippen MR) is 123 cm³/mol. The molecule has 0 spiro atoms. The maximum absolute atomic E-state index is 12.9. The number of guanidine groups is 1. The standard InChI is InChI=1S/C19H24F3N5S.HI/c1-14-13-25-17(28-14)6-7-24-18(23-2)27-10-8-26(9-11-27)16-5-3-4-15(12-16)19(20,21)22;/h3-5,12-13H,6-11H2,1-2H3,(H,23,24);1H. The normalized spacial score (nSPS) is 15.3. The van der Waals surface area contributed by atoms with E-state index in [1.165, 1.54) is 17.0 Å². The van der Waals surface area contributed by atoms with Crippen molar-refractivity contribution in [2.45, 2.75) is 19.5 Å². The Labute approximate surface area is 190 Å². The van der Waals surface area contributed by atoms with Crippen molar-refractivity contribution in [3.63, 3.8) is 0 Å². The van der Waals surface area contributed by atoms with Gasteiger partial charge < -0.3 is 15.1 Å². The van der Waals surface area contributed by atoms with Gasteiger partial charge in [0.25, 0.3) is 0 Å². The van der Waals surface area contributed by atoms with Crippen LogP contribution in [0.5, 0.6) is 0 Å². The Morgan fingerprint density at radius 3 is 2.55 bits per heavy atom. The first-order chi connectivity index (χ1) is 13.4. The number of benzene rings is 1. The average Bonchev–Trinajstić information content (AvgIpc) is 3.10. The molecule has 1 aromatic carbocycles. The van der Waals surface area contributed by atoms with Crippen LogP contribution < -0.4 is 10.2 Å². The van der Waals surface area contributed by atoms with Gasteiger partial charge in [0.2, 0.25) is 0 Å². The average molecular weight is 539 g/mol. The van der Waals surface area contributed by atoms with Crippen LogP contribution in [0.25, 0.3) is 0 Å². The molecule has 3 rings (SSSR count). The molecule has 2 heterocycles. The van der Waals surface area contributed by atoms with Crippen LogP contribution in [0.2, 0.25) is 0 Å². The number of rotatable bonds is 4. The van der Waals surface area contributed by atoms with E-state index < -0.39 is 11.7 Å². The zero-order valence-corrected chi connectivity index (χ0v) is 19.5. The van der Waals surface area contributed by atoms with Crippen molar-refractivity contribution in [3.05, 3.63) is 45.9 Å². The van der Waals surface area contributed by atoms with Crippen molar-refractivity contribution in [1.82, 2.24) is 15.2 Å². The first-order valence-corrected chi connectivity index (χ1v) is 9.97. The highest BCUT2D eigenvalue weighted by Gasteiger charge is 2.31. The van der Waals surface area contributed by atoms with Crippen LogP contribution in [-0.2, 0) is 12.6 Å². The van der Waals surface area contributed by atoms with Crippen molar-refractivity contribution < 1.29 is 13.2 Å². The summed E-state index contributed by atoms with van der Waals surface area (Å²) in [5.74, 6) is 0.817. The van der Waals surface area contributed by atoms with Gasteiger partial charge in [-0.2, -0.15) is 13.2 Å². The molecule has 0 amide bonds. The van der Waals surface area contributed by atoms with E-state index in [2.05, 4.69) is 20.2 Å². The summed E-state index contributed by atoms with van der Waals surface area (Å²) in [7, 11) is 1.75. The molecule has 5 nitrogen and oxygen atoms in total. The second kappa shape index (κ2) is 10.5. The summed E-state index contributed by atoms with van der Waals surface area (Å²) < 4.78 is 38.8. The summed E-state index contributed by atoms with van der Waals surface area (Å²) in [4.78, 5) is 14.0. The first-order valence-electron chi connectivity index (χ1n) is 9.16. The first kappa shape index (κ1) is 23.7. The van der Waals surface area contributed by atoms with E-state index in [0.29, 0.717) is 31.9 Å². The molecule has 0 atom stereocenters. The molecule has 160 valence electrons. The fourth-order valence-electron chi connectivity index (χ4n) is 3.19. The Bertz CT molecular complexity index is 816. The number of aromatic nitrogens is 1. The lowest BCUT2D eigenvalue weighted by molar-refractivity contribution is -0.137. The Kier molecular flexibility index (Phi) is 8.56. The third-order valence-corrected chi connectivity index (χ3v) is 5.59. The quantitative estimate of drug-likeness (QED) is 0.362. The van der Waals surface area contributed by atoms with E-state index in [9.17, 15) is 13.2 Å². The topological polar surface area (TPSA) is 43.8 Å². The fraction of sp³-hybridized carbons (Fsp3) is 0.474. The molecular weight excluding hydrogens is 514 g/mol. The summed E-state index contributed by atoms with van der Waals surface area (Å²) in [6.07, 6.45) is -1.61. The van der Waals surface area contributed by atoms with Crippen molar-refractivity contribution in [2.24, 2.45) is 4.99 Å². The lowest BCUT2D eigenvalue weighted by Crippen LogP contribution is -2.52. The summed E-state index contributed by atoms with van der Waals surface area (Å²) in [6, 6.07) is 5.52. The number of piperazine rings is 1. The number of hydrogen-bond donors (Lipinski definition) is 1. The van der Waals surface area contributed by atoms with Crippen LogP contribution in [0.15, 0.2) is 35.5 Å². The number of nitrogens with one attached hydrogen (secondary N) is 1. The molecule has 0 unspecified atom stereocenters. The molecule has 2 aromatic rings. The van der Waals surface area contributed by atoms with E-state index in [-0.39, 0.29) is 24.0 Å². The van der Waals surface area contributed by atoms with Gasteiger partial charge in [-0.25, -0.2) is 4.98 Å². The molecule has 1 N–H and O–H groups in total. The van der Waals surface area contributed by atoms with Crippen LogP contribution in [0.3, 0.4) is 0 Å². The number of thiazole rings is 1. The Morgan fingerprint density at radius 2 is 1.97 bits per heavy atom. The van der Waals surface area contributed by atoms with Crippen molar-refractivity contribution in [2.75, 3.05) is 44.7 Å². The Hall–Kier alpha value is -1.56. The number of nitrogens with zero attached hydrogens (tertiary/aromatic N) is 4. The monoisotopic (exact) mass is 539 g/mol.